The van der Waals surface area contributed by atoms with Gasteiger partial charge in [-0.25, -0.2) is 0 Å². The molecule has 1 saturated heterocycles. The van der Waals surface area contributed by atoms with Gasteiger partial charge in [0.25, 0.3) is 11.8 Å². The molecule has 0 bridgehead atoms. The van der Waals surface area contributed by atoms with Gasteiger partial charge in [0.1, 0.15) is 11.9 Å². The second-order valence-electron chi connectivity index (χ2n) is 8.99. The summed E-state index contributed by atoms with van der Waals surface area (Å²) in [5.74, 6) is -0.745. The van der Waals surface area contributed by atoms with Gasteiger partial charge in [0.15, 0.2) is 0 Å². The SMILES string of the molecule is [2H]CCC1C(OC(=O)CCC(C)=O)CCCN1CCCCCCN1C(=O)c2ccccc2C1=O. The number of imide groups is 1. The molecule has 33 heavy (non-hydrogen) atoms. The predicted octanol–water partition coefficient (Wildman–Crippen LogP) is 4.00. The third-order valence-electron chi connectivity index (χ3n) is 6.55. The molecule has 180 valence electrons. The molecule has 0 radical (unpaired) electrons. The maximum Gasteiger partial charge on any atom is 0.306 e. The first kappa shape index (κ1) is 23.6. The molecule has 3 rings (SSSR count). The van der Waals surface area contributed by atoms with E-state index in [4.69, 9.17) is 6.11 Å². The van der Waals surface area contributed by atoms with Gasteiger partial charge in [0.05, 0.1) is 17.5 Å². The van der Waals surface area contributed by atoms with Crippen LogP contribution >= 0.6 is 0 Å². The summed E-state index contributed by atoms with van der Waals surface area (Å²) in [6.07, 6.45) is 6.17. The van der Waals surface area contributed by atoms with Crippen molar-refractivity contribution in [3.8, 4) is 0 Å². The molecule has 1 aromatic carbocycles. The number of fused-ring (bicyclic) bond motifs is 1. The van der Waals surface area contributed by atoms with Crippen molar-refractivity contribution in [2.75, 3.05) is 19.6 Å². The Morgan fingerprint density at radius 2 is 1.70 bits per heavy atom. The topological polar surface area (TPSA) is 84.0 Å². The molecule has 0 saturated carbocycles. The zero-order valence-corrected chi connectivity index (χ0v) is 19.6. The van der Waals surface area contributed by atoms with Crippen LogP contribution < -0.4 is 0 Å². The summed E-state index contributed by atoms with van der Waals surface area (Å²) in [7, 11) is 0. The number of carbonyl (C=O) groups excluding carboxylic acids is 4. The maximum atomic E-state index is 12.4. The molecular weight excluding hydrogens is 420 g/mol. The van der Waals surface area contributed by atoms with Crippen LogP contribution in [0, 0.1) is 0 Å². The van der Waals surface area contributed by atoms with Gasteiger partial charge in [-0.05, 0) is 64.3 Å². The highest BCUT2D eigenvalue weighted by Crippen LogP contribution is 2.25. The van der Waals surface area contributed by atoms with Gasteiger partial charge in [0, 0.05) is 20.4 Å². The third kappa shape index (κ3) is 6.50. The molecule has 2 aliphatic rings. The van der Waals surface area contributed by atoms with Gasteiger partial charge >= 0.3 is 5.97 Å². The lowest BCUT2D eigenvalue weighted by molar-refractivity contribution is -0.156. The van der Waals surface area contributed by atoms with Crippen LogP contribution in [-0.4, -0.2) is 65.1 Å². The van der Waals surface area contributed by atoms with Crippen LogP contribution in [-0.2, 0) is 14.3 Å². The molecule has 7 heteroatoms. The van der Waals surface area contributed by atoms with Crippen LogP contribution in [0.25, 0.3) is 0 Å². The van der Waals surface area contributed by atoms with Crippen molar-refractivity contribution in [1.82, 2.24) is 9.80 Å². The summed E-state index contributed by atoms with van der Waals surface area (Å²) < 4.78 is 13.4. The lowest BCUT2D eigenvalue weighted by atomic mass is 9.96. The van der Waals surface area contributed by atoms with E-state index in [-0.39, 0.29) is 55.5 Å². The van der Waals surface area contributed by atoms with Crippen LogP contribution in [0.2, 0.25) is 0 Å². The van der Waals surface area contributed by atoms with Crippen LogP contribution in [0.1, 0.15) is 93.7 Å². The summed E-state index contributed by atoms with van der Waals surface area (Å²) in [5.41, 5.74) is 0.990. The van der Waals surface area contributed by atoms with Crippen molar-refractivity contribution >= 4 is 23.6 Å². The molecule has 2 amide bonds. The number of likely N-dealkylation sites (tertiary alicyclic amines) is 1. The Morgan fingerprint density at radius 1 is 1.03 bits per heavy atom. The zero-order chi connectivity index (χ0) is 24.5. The highest BCUT2D eigenvalue weighted by molar-refractivity contribution is 6.21. The Hall–Kier alpha value is -2.54. The Labute approximate surface area is 197 Å². The Bertz CT molecular complexity index is 855. The molecule has 1 fully saturated rings. The third-order valence-corrected chi connectivity index (χ3v) is 6.55. The molecule has 0 aromatic heterocycles. The van der Waals surface area contributed by atoms with Crippen LogP contribution in [0.4, 0.5) is 0 Å². The molecule has 2 aliphatic heterocycles. The fourth-order valence-corrected chi connectivity index (χ4v) is 4.76. The molecule has 7 nitrogen and oxygen atoms in total. The lowest BCUT2D eigenvalue weighted by Gasteiger charge is -2.40. The molecule has 0 aliphatic carbocycles. The number of hydrogen-bond donors (Lipinski definition) is 0. The van der Waals surface area contributed by atoms with Gasteiger partial charge in [-0.3, -0.25) is 24.2 Å². The largest absolute Gasteiger partial charge is 0.461 e. The highest BCUT2D eigenvalue weighted by atomic mass is 16.5. The predicted molar refractivity (Wildman–Crippen MR) is 125 cm³/mol. The molecular formula is C26H36N2O5. The fraction of sp³-hybridized carbons (Fsp3) is 0.615. The number of unbranched alkanes of at least 4 members (excludes halogenated alkanes) is 3. The average molecular weight is 458 g/mol. The van der Waals surface area contributed by atoms with E-state index in [1.165, 1.54) is 11.8 Å². The number of ether oxygens (including phenoxy) is 1. The highest BCUT2D eigenvalue weighted by Gasteiger charge is 2.35. The summed E-state index contributed by atoms with van der Waals surface area (Å²) in [6, 6.07) is 7.01. The van der Waals surface area contributed by atoms with E-state index >= 15 is 0 Å². The number of Topliss-reactive ketones (excluding diaryl/α,β-unsaturated/α-hetero) is 1. The van der Waals surface area contributed by atoms with Gasteiger partial charge in [0.2, 0.25) is 0 Å². The van der Waals surface area contributed by atoms with E-state index < -0.39 is 0 Å². The summed E-state index contributed by atoms with van der Waals surface area (Å²) in [6.45, 7) is 4.00. The Morgan fingerprint density at radius 3 is 2.33 bits per heavy atom. The number of hydrogen-bond acceptors (Lipinski definition) is 6. The normalized spacial score (nSPS) is 21.1. The van der Waals surface area contributed by atoms with Crippen molar-refractivity contribution in [2.24, 2.45) is 0 Å². The van der Waals surface area contributed by atoms with Crippen molar-refractivity contribution in [2.45, 2.75) is 83.8 Å². The Kier molecular flexibility index (Phi) is 8.64. The van der Waals surface area contributed by atoms with E-state index in [2.05, 4.69) is 4.90 Å². The first-order valence-electron chi connectivity index (χ1n) is 12.8. The minimum atomic E-state index is -0.329. The molecule has 0 N–H and O–H groups in total. The lowest BCUT2D eigenvalue weighted by Crippen LogP contribution is -2.49. The van der Waals surface area contributed by atoms with Gasteiger partial charge in [-0.2, -0.15) is 0 Å². The number of benzene rings is 1. The van der Waals surface area contributed by atoms with Crippen molar-refractivity contribution in [3.05, 3.63) is 35.4 Å². The number of piperidine rings is 1. The second-order valence-corrected chi connectivity index (χ2v) is 8.99. The van der Waals surface area contributed by atoms with E-state index in [0.717, 1.165) is 51.6 Å². The monoisotopic (exact) mass is 457 g/mol. The minimum absolute atomic E-state index is 0.0204. The van der Waals surface area contributed by atoms with Crippen molar-refractivity contribution < 1.29 is 25.3 Å². The van der Waals surface area contributed by atoms with Crippen molar-refractivity contribution in [1.29, 1.82) is 0 Å². The molecule has 0 spiro atoms. The molecule has 2 atom stereocenters. The number of amides is 2. The van der Waals surface area contributed by atoms with Gasteiger partial charge < -0.3 is 9.53 Å². The standard InChI is InChI=1S/C26H36N2O5/c1-3-22-23(33-24(30)15-14-19(2)29)13-10-17-27(22)16-8-4-5-9-18-28-25(31)20-11-6-7-12-21(20)26(28)32/h6-7,11-12,22-23H,3-5,8-10,13-18H2,1-2H3/i1D. The summed E-state index contributed by atoms with van der Waals surface area (Å²) >= 11 is 0. The van der Waals surface area contributed by atoms with Crippen molar-refractivity contribution in [3.63, 3.8) is 0 Å². The Balaban J connectivity index is 1.39. The fourth-order valence-electron chi connectivity index (χ4n) is 4.76. The molecule has 2 heterocycles. The molecule has 2 unspecified atom stereocenters. The average Bonchev–Trinajstić information content (AvgIpc) is 3.06. The van der Waals surface area contributed by atoms with E-state index in [9.17, 15) is 19.2 Å². The number of ketones is 1. The first-order chi connectivity index (χ1) is 16.4. The smallest absolute Gasteiger partial charge is 0.306 e. The van der Waals surface area contributed by atoms with Crippen LogP contribution in [0.5, 0.6) is 0 Å². The number of esters is 1. The van der Waals surface area contributed by atoms with Gasteiger partial charge in [-0.15, -0.1) is 0 Å². The van der Waals surface area contributed by atoms with Crippen LogP contribution in [0.15, 0.2) is 24.3 Å². The van der Waals surface area contributed by atoms with E-state index in [1.807, 2.05) is 0 Å². The van der Waals surface area contributed by atoms with Gasteiger partial charge in [-0.1, -0.05) is 31.9 Å². The second kappa shape index (κ2) is 12.1. The quantitative estimate of drug-likeness (QED) is 0.268. The maximum absolute atomic E-state index is 12.4. The zero-order valence-electron chi connectivity index (χ0n) is 20.6. The number of rotatable bonds is 12. The number of carbonyl (C=O) groups is 4. The minimum Gasteiger partial charge on any atom is -0.461 e. The van der Waals surface area contributed by atoms with E-state index in [0.29, 0.717) is 24.1 Å². The number of nitrogens with zero attached hydrogens (tertiary/aromatic N) is 2. The molecule has 1 aromatic rings. The summed E-state index contributed by atoms with van der Waals surface area (Å²) in [4.78, 5) is 51.9. The van der Waals surface area contributed by atoms with Crippen LogP contribution in [0.3, 0.4) is 0 Å². The summed E-state index contributed by atoms with van der Waals surface area (Å²) in [5, 5.41) is 0. The van der Waals surface area contributed by atoms with E-state index in [1.54, 1.807) is 24.3 Å². The first-order valence-corrected chi connectivity index (χ1v) is 12.1.